The van der Waals surface area contributed by atoms with Gasteiger partial charge in [-0.1, -0.05) is 11.6 Å². The van der Waals surface area contributed by atoms with E-state index in [0.717, 1.165) is 25.1 Å². The van der Waals surface area contributed by atoms with Crippen LogP contribution in [0.5, 0.6) is 0 Å². The van der Waals surface area contributed by atoms with E-state index < -0.39 is 0 Å². The molecule has 0 unspecified atom stereocenters. The highest BCUT2D eigenvalue weighted by atomic mass is 35.5. The molecular formula is C15H18ClN3O. The van der Waals surface area contributed by atoms with Gasteiger partial charge in [-0.25, -0.2) is 0 Å². The van der Waals surface area contributed by atoms with Crippen molar-refractivity contribution in [3.8, 4) is 6.07 Å². The number of carbonyl (C=O) groups is 1. The first kappa shape index (κ1) is 14.7. The van der Waals surface area contributed by atoms with Crippen LogP contribution in [-0.4, -0.2) is 29.9 Å². The van der Waals surface area contributed by atoms with E-state index in [1.165, 1.54) is 0 Å². The van der Waals surface area contributed by atoms with Crippen molar-refractivity contribution in [3.05, 3.63) is 28.8 Å². The zero-order chi connectivity index (χ0) is 14.5. The molecule has 0 saturated heterocycles. The molecular weight excluding hydrogens is 274 g/mol. The minimum atomic E-state index is -0.0406. The van der Waals surface area contributed by atoms with Crippen molar-refractivity contribution < 1.29 is 4.79 Å². The Morgan fingerprint density at radius 3 is 2.90 bits per heavy atom. The molecule has 2 rings (SSSR count). The molecule has 1 aromatic rings. The van der Waals surface area contributed by atoms with Crippen molar-refractivity contribution >= 4 is 23.2 Å². The van der Waals surface area contributed by atoms with Crippen molar-refractivity contribution in [2.75, 3.05) is 18.4 Å². The predicted molar refractivity (Wildman–Crippen MR) is 79.9 cm³/mol. The van der Waals surface area contributed by atoms with Gasteiger partial charge in [0.15, 0.2) is 0 Å². The van der Waals surface area contributed by atoms with Crippen LogP contribution in [0.2, 0.25) is 5.02 Å². The molecule has 0 aromatic heterocycles. The Balaban J connectivity index is 2.25. The summed E-state index contributed by atoms with van der Waals surface area (Å²) in [5.41, 5.74) is 1.38. The first-order valence-corrected chi connectivity index (χ1v) is 7.26. The predicted octanol–water partition coefficient (Wildman–Crippen LogP) is 3.29. The summed E-state index contributed by atoms with van der Waals surface area (Å²) in [5, 5.41) is 12.5. The molecule has 106 valence electrons. The lowest BCUT2D eigenvalue weighted by Gasteiger charge is -2.23. The number of halogens is 1. The fourth-order valence-corrected chi connectivity index (χ4v) is 2.37. The van der Waals surface area contributed by atoms with Gasteiger partial charge in [0, 0.05) is 29.8 Å². The molecule has 5 heteroatoms. The topological polar surface area (TPSA) is 56.1 Å². The SMILES string of the molecule is CCNc1ccc(Cl)cc1C(=O)N(CCC#N)C1CC1. The normalized spacial score (nSPS) is 13.7. The zero-order valence-corrected chi connectivity index (χ0v) is 12.3. The Morgan fingerprint density at radius 2 is 2.30 bits per heavy atom. The summed E-state index contributed by atoms with van der Waals surface area (Å²) in [5.74, 6) is -0.0406. The van der Waals surface area contributed by atoms with Gasteiger partial charge in [-0.2, -0.15) is 5.26 Å². The van der Waals surface area contributed by atoms with Gasteiger partial charge in [-0.3, -0.25) is 4.79 Å². The molecule has 20 heavy (non-hydrogen) atoms. The Kier molecular flexibility index (Phi) is 4.86. The summed E-state index contributed by atoms with van der Waals surface area (Å²) in [6.07, 6.45) is 2.40. The third kappa shape index (κ3) is 3.43. The molecule has 0 aliphatic heterocycles. The smallest absolute Gasteiger partial charge is 0.256 e. The van der Waals surface area contributed by atoms with Gasteiger partial charge < -0.3 is 10.2 Å². The molecule has 1 saturated carbocycles. The minimum absolute atomic E-state index is 0.0406. The second-order valence-corrected chi connectivity index (χ2v) is 5.29. The number of carbonyl (C=O) groups excluding carboxylic acids is 1. The Morgan fingerprint density at radius 1 is 1.55 bits per heavy atom. The third-order valence-corrected chi connectivity index (χ3v) is 3.53. The number of nitrogens with one attached hydrogen (secondary N) is 1. The maximum atomic E-state index is 12.7. The second-order valence-electron chi connectivity index (χ2n) is 4.86. The van der Waals surface area contributed by atoms with E-state index in [4.69, 9.17) is 16.9 Å². The van der Waals surface area contributed by atoms with Crippen LogP contribution in [0.4, 0.5) is 5.69 Å². The quantitative estimate of drug-likeness (QED) is 0.875. The van der Waals surface area contributed by atoms with Gasteiger partial charge in [0.1, 0.15) is 0 Å². The highest BCUT2D eigenvalue weighted by Crippen LogP contribution is 2.30. The first-order valence-electron chi connectivity index (χ1n) is 6.88. The second kappa shape index (κ2) is 6.62. The molecule has 0 spiro atoms. The molecule has 1 amide bonds. The van der Waals surface area contributed by atoms with E-state index in [2.05, 4.69) is 11.4 Å². The van der Waals surface area contributed by atoms with Crippen molar-refractivity contribution in [1.29, 1.82) is 5.26 Å². The van der Waals surface area contributed by atoms with E-state index in [9.17, 15) is 4.79 Å². The highest BCUT2D eigenvalue weighted by molar-refractivity contribution is 6.31. The molecule has 0 radical (unpaired) electrons. The summed E-state index contributed by atoms with van der Waals surface area (Å²) in [6.45, 7) is 3.21. The zero-order valence-electron chi connectivity index (χ0n) is 11.5. The summed E-state index contributed by atoms with van der Waals surface area (Å²) >= 11 is 6.01. The fourth-order valence-electron chi connectivity index (χ4n) is 2.20. The molecule has 0 atom stereocenters. The van der Waals surface area contributed by atoms with Gasteiger partial charge in [0.05, 0.1) is 18.1 Å². The summed E-state index contributed by atoms with van der Waals surface area (Å²) in [7, 11) is 0. The van der Waals surface area contributed by atoms with E-state index in [1.54, 1.807) is 17.0 Å². The van der Waals surface area contributed by atoms with Crippen LogP contribution < -0.4 is 5.32 Å². The van der Waals surface area contributed by atoms with Crippen LogP contribution in [-0.2, 0) is 0 Å². The number of hydrogen-bond acceptors (Lipinski definition) is 3. The minimum Gasteiger partial charge on any atom is -0.385 e. The van der Waals surface area contributed by atoms with Crippen LogP contribution in [0.3, 0.4) is 0 Å². The highest BCUT2D eigenvalue weighted by Gasteiger charge is 2.33. The van der Waals surface area contributed by atoms with Crippen LogP contribution in [0, 0.1) is 11.3 Å². The van der Waals surface area contributed by atoms with E-state index in [0.29, 0.717) is 23.6 Å². The van der Waals surface area contributed by atoms with Crippen molar-refractivity contribution in [3.63, 3.8) is 0 Å². The number of amides is 1. The van der Waals surface area contributed by atoms with Gasteiger partial charge in [0.25, 0.3) is 5.91 Å². The maximum absolute atomic E-state index is 12.7. The van der Waals surface area contributed by atoms with Crippen LogP contribution in [0.15, 0.2) is 18.2 Å². The van der Waals surface area contributed by atoms with E-state index >= 15 is 0 Å². The van der Waals surface area contributed by atoms with Crippen LogP contribution >= 0.6 is 11.6 Å². The van der Waals surface area contributed by atoms with Gasteiger partial charge in [-0.15, -0.1) is 0 Å². The molecule has 1 aromatic carbocycles. The number of nitrogens with zero attached hydrogens (tertiary/aromatic N) is 2. The van der Waals surface area contributed by atoms with E-state index in [-0.39, 0.29) is 11.9 Å². The Hall–Kier alpha value is -1.73. The largest absolute Gasteiger partial charge is 0.385 e. The van der Waals surface area contributed by atoms with Crippen LogP contribution in [0.25, 0.3) is 0 Å². The number of benzene rings is 1. The van der Waals surface area contributed by atoms with Crippen molar-refractivity contribution in [2.24, 2.45) is 0 Å². The number of rotatable bonds is 6. The number of anilines is 1. The molecule has 4 nitrogen and oxygen atoms in total. The average Bonchev–Trinajstić information content (AvgIpc) is 3.26. The van der Waals surface area contributed by atoms with Crippen LogP contribution in [0.1, 0.15) is 36.5 Å². The Bertz CT molecular complexity index is 534. The standard InChI is InChI=1S/C15H18ClN3O/c1-2-18-14-7-4-11(16)10-13(14)15(20)19(9-3-8-17)12-5-6-12/h4,7,10,12,18H,2-3,5-6,9H2,1H3. The molecule has 0 bridgehead atoms. The monoisotopic (exact) mass is 291 g/mol. The number of nitriles is 1. The average molecular weight is 292 g/mol. The van der Waals surface area contributed by atoms with Crippen molar-refractivity contribution in [1.82, 2.24) is 4.90 Å². The van der Waals surface area contributed by atoms with Crippen molar-refractivity contribution in [2.45, 2.75) is 32.2 Å². The molecule has 1 aliphatic carbocycles. The third-order valence-electron chi connectivity index (χ3n) is 3.29. The summed E-state index contributed by atoms with van der Waals surface area (Å²) in [6, 6.07) is 7.68. The Labute approximate surface area is 124 Å². The molecule has 0 heterocycles. The maximum Gasteiger partial charge on any atom is 0.256 e. The van der Waals surface area contributed by atoms with Gasteiger partial charge >= 0.3 is 0 Å². The lowest BCUT2D eigenvalue weighted by molar-refractivity contribution is 0.0748. The summed E-state index contributed by atoms with van der Waals surface area (Å²) < 4.78 is 0. The van der Waals surface area contributed by atoms with E-state index in [1.807, 2.05) is 13.0 Å². The fraction of sp³-hybridized carbons (Fsp3) is 0.467. The van der Waals surface area contributed by atoms with Gasteiger partial charge in [0.2, 0.25) is 0 Å². The number of hydrogen-bond donors (Lipinski definition) is 1. The summed E-state index contributed by atoms with van der Waals surface area (Å²) in [4.78, 5) is 14.5. The van der Waals surface area contributed by atoms with Gasteiger partial charge in [-0.05, 0) is 38.0 Å². The molecule has 1 N–H and O–H groups in total. The lowest BCUT2D eigenvalue weighted by atomic mass is 10.1. The molecule has 1 aliphatic rings. The molecule has 1 fully saturated rings. The lowest BCUT2D eigenvalue weighted by Crippen LogP contribution is -2.34. The first-order chi connectivity index (χ1) is 9.67.